The van der Waals surface area contributed by atoms with Crippen molar-refractivity contribution in [1.29, 1.82) is 0 Å². The number of hydrogen-bond acceptors (Lipinski definition) is 2. The first-order valence-corrected chi connectivity index (χ1v) is 13.3. The summed E-state index contributed by atoms with van der Waals surface area (Å²) in [5.74, 6) is 5.09. The molecule has 0 amide bonds. The fourth-order valence-corrected chi connectivity index (χ4v) is 9.22. The zero-order valence-corrected chi connectivity index (χ0v) is 20.6. The summed E-state index contributed by atoms with van der Waals surface area (Å²) >= 11 is 0. The highest BCUT2D eigenvalue weighted by atomic mass is 16.1. The maximum Gasteiger partial charge on any atom is 0.136 e. The summed E-state index contributed by atoms with van der Waals surface area (Å²) in [5.41, 5.74) is 9.45. The Morgan fingerprint density at radius 1 is 1.03 bits per heavy atom. The number of nitrogens with zero attached hydrogens (tertiary/aromatic N) is 3. The van der Waals surface area contributed by atoms with Gasteiger partial charge in [-0.15, -0.1) is 0 Å². The molecular formula is C27H45N3O. The highest BCUT2D eigenvalue weighted by Crippen LogP contribution is 2.68. The third-order valence-electron chi connectivity index (χ3n) is 10.8. The number of ketones is 1. The largest absolute Gasteiger partial charge is 0.299 e. The molecule has 4 aliphatic rings. The van der Waals surface area contributed by atoms with Gasteiger partial charge in [0.1, 0.15) is 5.78 Å². The first-order valence-electron chi connectivity index (χ1n) is 13.3. The van der Waals surface area contributed by atoms with Crippen molar-refractivity contribution in [2.45, 2.75) is 111 Å². The molecule has 0 spiro atoms. The third kappa shape index (κ3) is 3.96. The molecule has 0 aromatic rings. The molecule has 0 aromatic heterocycles. The summed E-state index contributed by atoms with van der Waals surface area (Å²) in [4.78, 5) is 16.5. The molecule has 4 saturated carbocycles. The van der Waals surface area contributed by atoms with Gasteiger partial charge in [0.15, 0.2) is 0 Å². The monoisotopic (exact) mass is 427 g/mol. The zero-order valence-electron chi connectivity index (χ0n) is 20.6. The van der Waals surface area contributed by atoms with Crippen LogP contribution in [0.25, 0.3) is 10.4 Å². The summed E-state index contributed by atoms with van der Waals surface area (Å²) in [6.45, 7) is 12.2. The second-order valence-corrected chi connectivity index (χ2v) is 12.8. The Morgan fingerprint density at radius 3 is 2.45 bits per heavy atom. The molecule has 0 radical (unpaired) electrons. The van der Waals surface area contributed by atoms with E-state index in [0.29, 0.717) is 23.0 Å². The van der Waals surface area contributed by atoms with Crippen LogP contribution in [0.1, 0.15) is 105 Å². The summed E-state index contributed by atoms with van der Waals surface area (Å²) in [6, 6.07) is 0.0278. The maximum atomic E-state index is 13.4. The molecule has 9 atom stereocenters. The smallest absolute Gasteiger partial charge is 0.136 e. The van der Waals surface area contributed by atoms with Crippen LogP contribution >= 0.6 is 0 Å². The number of carbonyl (C=O) groups excluding carboxylic acids is 1. The van der Waals surface area contributed by atoms with Crippen molar-refractivity contribution in [3.8, 4) is 0 Å². The van der Waals surface area contributed by atoms with Gasteiger partial charge in [0.25, 0.3) is 0 Å². The molecule has 31 heavy (non-hydrogen) atoms. The van der Waals surface area contributed by atoms with E-state index < -0.39 is 0 Å². The van der Waals surface area contributed by atoms with E-state index in [1.807, 2.05) is 0 Å². The van der Waals surface area contributed by atoms with Crippen molar-refractivity contribution in [2.75, 3.05) is 0 Å². The van der Waals surface area contributed by atoms with Crippen molar-refractivity contribution in [2.24, 2.45) is 57.4 Å². The van der Waals surface area contributed by atoms with Crippen LogP contribution < -0.4 is 0 Å². The van der Waals surface area contributed by atoms with Crippen molar-refractivity contribution in [3.05, 3.63) is 10.4 Å². The SMILES string of the molecule is CC(C)CCC[C@@H](C)[C@H]1CC[C@H]2[C@@H]3CC(=O)C4C[C@H](N=[N+]=[N-])CC[C@]4(C)[C@H]3CC[C@]12C. The number of rotatable bonds is 6. The van der Waals surface area contributed by atoms with Gasteiger partial charge in [0.05, 0.1) is 0 Å². The lowest BCUT2D eigenvalue weighted by atomic mass is 9.44. The molecule has 4 fully saturated rings. The van der Waals surface area contributed by atoms with Crippen LogP contribution in [0.15, 0.2) is 5.11 Å². The van der Waals surface area contributed by atoms with Gasteiger partial charge in [-0.1, -0.05) is 59.0 Å². The van der Waals surface area contributed by atoms with Gasteiger partial charge in [-0.3, -0.25) is 4.79 Å². The van der Waals surface area contributed by atoms with E-state index in [-0.39, 0.29) is 17.4 Å². The van der Waals surface area contributed by atoms with Crippen LogP contribution in [0.2, 0.25) is 0 Å². The van der Waals surface area contributed by atoms with E-state index >= 15 is 0 Å². The first kappa shape index (κ1) is 23.1. The van der Waals surface area contributed by atoms with Gasteiger partial charge < -0.3 is 0 Å². The second kappa shape index (κ2) is 8.73. The average Bonchev–Trinajstić information content (AvgIpc) is 3.06. The van der Waals surface area contributed by atoms with Crippen molar-refractivity contribution in [3.63, 3.8) is 0 Å². The molecule has 0 aromatic carbocycles. The molecule has 0 aliphatic heterocycles. The van der Waals surface area contributed by atoms with Crippen molar-refractivity contribution >= 4 is 5.78 Å². The van der Waals surface area contributed by atoms with E-state index in [2.05, 4.69) is 44.6 Å². The molecule has 4 heteroatoms. The molecule has 4 aliphatic carbocycles. The van der Waals surface area contributed by atoms with Crippen LogP contribution in [0.5, 0.6) is 0 Å². The zero-order chi connectivity index (χ0) is 22.4. The quantitative estimate of drug-likeness (QED) is 0.241. The van der Waals surface area contributed by atoms with Gasteiger partial charge in [-0.25, -0.2) is 0 Å². The van der Waals surface area contributed by atoms with Crippen LogP contribution in [0.3, 0.4) is 0 Å². The van der Waals surface area contributed by atoms with Gasteiger partial charge >= 0.3 is 0 Å². The topological polar surface area (TPSA) is 65.8 Å². The van der Waals surface area contributed by atoms with Crippen molar-refractivity contribution < 1.29 is 4.79 Å². The summed E-state index contributed by atoms with van der Waals surface area (Å²) in [7, 11) is 0. The minimum absolute atomic E-state index is 0.0278. The van der Waals surface area contributed by atoms with E-state index in [1.165, 1.54) is 44.9 Å². The number of carbonyl (C=O) groups is 1. The highest BCUT2D eigenvalue weighted by molar-refractivity contribution is 5.83. The van der Waals surface area contributed by atoms with E-state index in [4.69, 9.17) is 5.53 Å². The highest BCUT2D eigenvalue weighted by Gasteiger charge is 2.62. The van der Waals surface area contributed by atoms with Gasteiger partial charge in [0, 0.05) is 23.3 Å². The fourth-order valence-electron chi connectivity index (χ4n) is 9.22. The first-order chi connectivity index (χ1) is 14.7. The average molecular weight is 428 g/mol. The summed E-state index contributed by atoms with van der Waals surface area (Å²) in [5, 5.41) is 4.00. The molecule has 0 heterocycles. The maximum absolute atomic E-state index is 13.4. The second-order valence-electron chi connectivity index (χ2n) is 12.8. The molecule has 0 saturated heterocycles. The normalized spacial score (nSPS) is 45.4. The number of fused-ring (bicyclic) bond motifs is 5. The molecule has 174 valence electrons. The lowest BCUT2D eigenvalue weighted by molar-refractivity contribution is -0.155. The standard InChI is InChI=1S/C27H45N3O/c1-17(2)7-6-8-18(3)21-9-10-22-20-16-25(31)24-15-19(29-30-28)11-13-27(24,5)23(20)12-14-26(21,22)4/h17-24H,6-16H2,1-5H3/t18-,19-,20+,21-,22+,23+,24?,26-,27-/m1/s1. The Kier molecular flexibility index (Phi) is 6.52. The summed E-state index contributed by atoms with van der Waals surface area (Å²) < 4.78 is 0. The lowest BCUT2D eigenvalue weighted by Crippen LogP contribution is -2.57. The van der Waals surface area contributed by atoms with E-state index in [0.717, 1.165) is 49.4 Å². The predicted octanol–water partition coefficient (Wildman–Crippen LogP) is 7.97. The molecule has 1 unspecified atom stereocenters. The lowest BCUT2D eigenvalue weighted by Gasteiger charge is -2.60. The van der Waals surface area contributed by atoms with Gasteiger partial charge in [0.2, 0.25) is 0 Å². The predicted molar refractivity (Wildman–Crippen MR) is 126 cm³/mol. The van der Waals surface area contributed by atoms with Crippen LogP contribution in [-0.2, 0) is 4.79 Å². The van der Waals surface area contributed by atoms with Gasteiger partial charge in [-0.2, -0.15) is 0 Å². The fraction of sp³-hybridized carbons (Fsp3) is 0.963. The Labute approximate surface area is 189 Å². The Bertz CT molecular complexity index is 728. The van der Waals surface area contributed by atoms with Gasteiger partial charge in [-0.05, 0) is 96.8 Å². The van der Waals surface area contributed by atoms with Crippen molar-refractivity contribution in [1.82, 2.24) is 0 Å². The molecule has 4 nitrogen and oxygen atoms in total. The minimum Gasteiger partial charge on any atom is -0.299 e. The minimum atomic E-state index is 0.0278. The number of hydrogen-bond donors (Lipinski definition) is 0. The van der Waals surface area contributed by atoms with E-state index in [9.17, 15) is 4.79 Å². The van der Waals surface area contributed by atoms with E-state index in [1.54, 1.807) is 0 Å². The molecule has 0 N–H and O–H groups in total. The number of azide groups is 1. The van der Waals surface area contributed by atoms with Crippen LogP contribution in [-0.4, -0.2) is 11.8 Å². The van der Waals surface area contributed by atoms with Crippen LogP contribution in [0, 0.1) is 52.3 Å². The Balaban J connectivity index is 1.50. The molecular weight excluding hydrogens is 382 g/mol. The third-order valence-corrected chi connectivity index (χ3v) is 10.8. The number of Topliss-reactive ketones (excluding diaryl/α,β-unsaturated/α-hetero) is 1. The molecule has 4 rings (SSSR count). The Morgan fingerprint density at radius 2 is 1.74 bits per heavy atom. The Hall–Kier alpha value is -1.02. The van der Waals surface area contributed by atoms with Crippen LogP contribution in [0.4, 0.5) is 0 Å². The molecule has 0 bridgehead atoms. The summed E-state index contributed by atoms with van der Waals surface area (Å²) in [6.07, 6.45) is 13.1.